The first-order valence-electron chi connectivity index (χ1n) is 6.98. The zero-order valence-corrected chi connectivity index (χ0v) is 12.4. The Balaban J connectivity index is 1.82. The monoisotopic (exact) mass is 322 g/mol. The van der Waals surface area contributed by atoms with Crippen molar-refractivity contribution in [2.75, 3.05) is 0 Å². The standard InChI is InChI=1S/C17H15F3NO2/c1-2-13-3-5-14(6-4-13)11-21-22-12-15-7-9-16(10-8-15)23-17(18,19)20/h3-10H,2,12H2,1H3. The molecule has 1 radical (unpaired) electrons. The predicted octanol–water partition coefficient (Wildman–Crippen LogP) is 4.58. The highest BCUT2D eigenvalue weighted by Gasteiger charge is 2.30. The van der Waals surface area contributed by atoms with Gasteiger partial charge in [0.2, 0.25) is 0 Å². The maximum Gasteiger partial charge on any atom is 0.573 e. The van der Waals surface area contributed by atoms with Crippen molar-refractivity contribution in [2.24, 2.45) is 5.16 Å². The van der Waals surface area contributed by atoms with Gasteiger partial charge in [0.1, 0.15) is 18.6 Å². The van der Waals surface area contributed by atoms with Crippen LogP contribution in [-0.2, 0) is 17.9 Å². The normalized spacial score (nSPS) is 11.7. The molecular weight excluding hydrogens is 307 g/mol. The highest BCUT2D eigenvalue weighted by Crippen LogP contribution is 2.22. The van der Waals surface area contributed by atoms with Crippen LogP contribution in [-0.4, -0.2) is 12.6 Å². The van der Waals surface area contributed by atoms with Crippen LogP contribution in [0.1, 0.15) is 23.6 Å². The number of halogens is 3. The van der Waals surface area contributed by atoms with Gasteiger partial charge >= 0.3 is 6.36 Å². The number of ether oxygens (including phenoxy) is 1. The summed E-state index contributed by atoms with van der Waals surface area (Å²) in [6.07, 6.45) is -0.992. The third kappa shape index (κ3) is 6.02. The van der Waals surface area contributed by atoms with Gasteiger partial charge in [-0.05, 0) is 29.7 Å². The minimum Gasteiger partial charge on any atom is -0.406 e. The second-order valence-electron chi connectivity index (χ2n) is 4.72. The van der Waals surface area contributed by atoms with E-state index in [1.807, 2.05) is 24.3 Å². The lowest BCUT2D eigenvalue weighted by Crippen LogP contribution is -2.17. The van der Waals surface area contributed by atoms with Gasteiger partial charge in [0, 0.05) is 5.56 Å². The lowest BCUT2D eigenvalue weighted by molar-refractivity contribution is -0.274. The van der Waals surface area contributed by atoms with Crippen molar-refractivity contribution in [1.82, 2.24) is 0 Å². The van der Waals surface area contributed by atoms with E-state index in [4.69, 9.17) is 4.84 Å². The van der Waals surface area contributed by atoms with E-state index in [1.165, 1.54) is 29.8 Å². The summed E-state index contributed by atoms with van der Waals surface area (Å²) in [5.41, 5.74) is 2.68. The average molecular weight is 322 g/mol. The Morgan fingerprint density at radius 3 is 2.13 bits per heavy atom. The summed E-state index contributed by atoms with van der Waals surface area (Å²) >= 11 is 0. The van der Waals surface area contributed by atoms with Gasteiger partial charge in [-0.25, -0.2) is 0 Å². The van der Waals surface area contributed by atoms with Crippen LogP contribution in [0, 0.1) is 0 Å². The molecule has 3 nitrogen and oxygen atoms in total. The SMILES string of the molecule is CCc1ccc(/[C]=N\OCc2ccc(OC(F)(F)F)cc2)cc1. The van der Waals surface area contributed by atoms with E-state index in [1.54, 1.807) is 0 Å². The molecule has 2 rings (SSSR count). The molecule has 2 aromatic carbocycles. The molecular formula is C17H15F3NO2. The number of hydrogen-bond donors (Lipinski definition) is 0. The van der Waals surface area contributed by atoms with Crippen molar-refractivity contribution in [1.29, 1.82) is 0 Å². The van der Waals surface area contributed by atoms with E-state index in [2.05, 4.69) is 23.0 Å². The molecule has 2 aromatic rings. The number of rotatable bonds is 6. The van der Waals surface area contributed by atoms with E-state index in [0.717, 1.165) is 12.0 Å². The van der Waals surface area contributed by atoms with Crippen molar-refractivity contribution in [3.8, 4) is 5.75 Å². The van der Waals surface area contributed by atoms with Crippen LogP contribution in [0.15, 0.2) is 53.7 Å². The van der Waals surface area contributed by atoms with Crippen LogP contribution >= 0.6 is 0 Å². The number of benzene rings is 2. The molecule has 0 spiro atoms. The summed E-state index contributed by atoms with van der Waals surface area (Å²) in [6, 6.07) is 13.1. The Morgan fingerprint density at radius 2 is 1.57 bits per heavy atom. The van der Waals surface area contributed by atoms with Crippen molar-refractivity contribution < 1.29 is 22.7 Å². The molecule has 0 amide bonds. The van der Waals surface area contributed by atoms with Gasteiger partial charge < -0.3 is 9.57 Å². The molecule has 0 aliphatic carbocycles. The van der Waals surface area contributed by atoms with Crippen LogP contribution in [0.3, 0.4) is 0 Å². The predicted molar refractivity (Wildman–Crippen MR) is 80.3 cm³/mol. The summed E-state index contributed by atoms with van der Waals surface area (Å²) in [5.74, 6) is -0.271. The van der Waals surface area contributed by atoms with Crippen molar-refractivity contribution in [3.05, 3.63) is 65.2 Å². The molecule has 23 heavy (non-hydrogen) atoms. The Kier molecular flexibility index (Phi) is 5.62. The van der Waals surface area contributed by atoms with E-state index < -0.39 is 6.36 Å². The lowest BCUT2D eigenvalue weighted by Gasteiger charge is -2.08. The second kappa shape index (κ2) is 7.67. The van der Waals surface area contributed by atoms with Gasteiger partial charge in [0.25, 0.3) is 0 Å². The first-order chi connectivity index (χ1) is 11.0. The molecule has 0 aliphatic rings. The number of hydrogen-bond acceptors (Lipinski definition) is 3. The van der Waals surface area contributed by atoms with Crippen LogP contribution in [0.5, 0.6) is 5.75 Å². The van der Waals surface area contributed by atoms with Gasteiger partial charge in [-0.15, -0.1) is 13.2 Å². The number of alkyl halides is 3. The molecule has 6 heteroatoms. The molecule has 0 bridgehead atoms. The zero-order chi connectivity index (χ0) is 16.7. The molecule has 0 atom stereocenters. The quantitative estimate of drug-likeness (QED) is 0.576. The molecule has 0 N–H and O–H groups in total. The number of nitrogens with zero attached hydrogens (tertiary/aromatic N) is 1. The first kappa shape index (κ1) is 16.9. The van der Waals surface area contributed by atoms with Crippen LogP contribution in [0.2, 0.25) is 0 Å². The molecule has 0 aromatic heterocycles. The Labute approximate surface area is 132 Å². The fourth-order valence-corrected chi connectivity index (χ4v) is 1.79. The third-order valence-corrected chi connectivity index (χ3v) is 2.99. The van der Waals surface area contributed by atoms with Crippen molar-refractivity contribution in [2.45, 2.75) is 26.3 Å². The summed E-state index contributed by atoms with van der Waals surface area (Å²) in [6.45, 7) is 2.20. The molecule has 0 heterocycles. The van der Waals surface area contributed by atoms with Crippen LogP contribution in [0.4, 0.5) is 13.2 Å². The topological polar surface area (TPSA) is 30.8 Å². The molecule has 0 fully saturated rings. The smallest absolute Gasteiger partial charge is 0.406 e. The molecule has 0 saturated carbocycles. The van der Waals surface area contributed by atoms with E-state index in [9.17, 15) is 13.2 Å². The third-order valence-electron chi connectivity index (χ3n) is 2.99. The Hall–Kier alpha value is -2.50. The highest BCUT2D eigenvalue weighted by molar-refractivity contribution is 5.79. The lowest BCUT2D eigenvalue weighted by atomic mass is 10.1. The summed E-state index contributed by atoms with van der Waals surface area (Å²) in [5, 5.41) is 3.71. The molecule has 0 unspecified atom stereocenters. The van der Waals surface area contributed by atoms with Crippen LogP contribution in [0.25, 0.3) is 0 Å². The maximum absolute atomic E-state index is 12.0. The summed E-state index contributed by atoms with van der Waals surface area (Å²) in [4.78, 5) is 5.07. The maximum atomic E-state index is 12.0. The minimum absolute atomic E-state index is 0.131. The summed E-state index contributed by atoms with van der Waals surface area (Å²) < 4.78 is 39.9. The fourth-order valence-electron chi connectivity index (χ4n) is 1.79. The van der Waals surface area contributed by atoms with E-state index in [-0.39, 0.29) is 12.4 Å². The van der Waals surface area contributed by atoms with Gasteiger partial charge in [0.05, 0.1) is 0 Å². The Morgan fingerprint density at radius 1 is 0.957 bits per heavy atom. The van der Waals surface area contributed by atoms with Gasteiger partial charge in [0.15, 0.2) is 0 Å². The van der Waals surface area contributed by atoms with Crippen LogP contribution < -0.4 is 4.74 Å². The fraction of sp³-hybridized carbons (Fsp3) is 0.235. The van der Waals surface area contributed by atoms with Crippen molar-refractivity contribution >= 4 is 6.21 Å². The van der Waals surface area contributed by atoms with Gasteiger partial charge in [-0.1, -0.05) is 48.5 Å². The largest absolute Gasteiger partial charge is 0.573 e. The molecule has 121 valence electrons. The average Bonchev–Trinajstić information content (AvgIpc) is 2.52. The zero-order valence-electron chi connectivity index (χ0n) is 12.4. The molecule has 0 aliphatic heterocycles. The van der Waals surface area contributed by atoms with Gasteiger partial charge in [-0.2, -0.15) is 0 Å². The minimum atomic E-state index is -4.69. The van der Waals surface area contributed by atoms with E-state index >= 15 is 0 Å². The summed E-state index contributed by atoms with van der Waals surface area (Å²) in [7, 11) is 0. The highest BCUT2D eigenvalue weighted by atomic mass is 19.4. The first-order valence-corrected chi connectivity index (χ1v) is 6.98. The van der Waals surface area contributed by atoms with Crippen molar-refractivity contribution in [3.63, 3.8) is 0 Å². The number of aryl methyl sites for hydroxylation is 1. The second-order valence-corrected chi connectivity index (χ2v) is 4.72. The molecule has 0 saturated heterocycles. The van der Waals surface area contributed by atoms with Gasteiger partial charge in [-0.3, -0.25) is 0 Å². The Bertz CT molecular complexity index is 634. The van der Waals surface area contributed by atoms with E-state index in [0.29, 0.717) is 5.56 Å².